The SMILES string of the molecule is O=C(CN1CCCC(c2nc(-c3ccc(F)cc3)no2)C1)Nc1cc(C2CC2)nn1-c1ccccc1. The van der Waals surface area contributed by atoms with Crippen molar-refractivity contribution in [2.75, 3.05) is 25.0 Å². The van der Waals surface area contributed by atoms with E-state index in [1.807, 2.05) is 41.1 Å². The van der Waals surface area contributed by atoms with Gasteiger partial charge < -0.3 is 9.84 Å². The third-order valence-corrected chi connectivity index (χ3v) is 6.76. The molecule has 4 aromatic rings. The van der Waals surface area contributed by atoms with Crippen LogP contribution in [0.25, 0.3) is 17.1 Å². The molecule has 36 heavy (non-hydrogen) atoms. The van der Waals surface area contributed by atoms with Crippen LogP contribution >= 0.6 is 0 Å². The maximum atomic E-state index is 13.2. The lowest BCUT2D eigenvalue weighted by Gasteiger charge is -2.30. The molecule has 8 nitrogen and oxygen atoms in total. The Labute approximate surface area is 208 Å². The van der Waals surface area contributed by atoms with E-state index in [1.165, 1.54) is 12.1 Å². The molecular formula is C27H27FN6O2. The summed E-state index contributed by atoms with van der Waals surface area (Å²) >= 11 is 0. The number of likely N-dealkylation sites (tertiary alicyclic amines) is 1. The normalized spacial score (nSPS) is 18.3. The Morgan fingerprint density at radius 1 is 1.06 bits per heavy atom. The number of para-hydroxylation sites is 1. The number of anilines is 1. The molecule has 1 aliphatic carbocycles. The summed E-state index contributed by atoms with van der Waals surface area (Å²) in [6, 6.07) is 17.9. The fraction of sp³-hybridized carbons (Fsp3) is 0.333. The number of amides is 1. The number of rotatable bonds is 7. The molecule has 1 saturated carbocycles. The highest BCUT2D eigenvalue weighted by Gasteiger charge is 2.29. The van der Waals surface area contributed by atoms with Gasteiger partial charge in [-0.3, -0.25) is 9.69 Å². The van der Waals surface area contributed by atoms with E-state index >= 15 is 0 Å². The van der Waals surface area contributed by atoms with Crippen molar-refractivity contribution in [1.29, 1.82) is 0 Å². The van der Waals surface area contributed by atoms with Crippen LogP contribution < -0.4 is 5.32 Å². The predicted molar refractivity (Wildman–Crippen MR) is 132 cm³/mol. The van der Waals surface area contributed by atoms with Crippen LogP contribution in [0.4, 0.5) is 10.2 Å². The predicted octanol–water partition coefficient (Wildman–Crippen LogP) is 4.76. The summed E-state index contributed by atoms with van der Waals surface area (Å²) in [4.78, 5) is 19.7. The lowest BCUT2D eigenvalue weighted by Crippen LogP contribution is -2.40. The van der Waals surface area contributed by atoms with Crippen LogP contribution in [-0.4, -0.2) is 50.4 Å². The molecule has 6 rings (SSSR count). The smallest absolute Gasteiger partial charge is 0.239 e. The monoisotopic (exact) mass is 486 g/mol. The lowest BCUT2D eigenvalue weighted by molar-refractivity contribution is -0.117. The van der Waals surface area contributed by atoms with Crippen molar-refractivity contribution in [1.82, 2.24) is 24.8 Å². The number of nitrogens with one attached hydrogen (secondary N) is 1. The zero-order valence-electron chi connectivity index (χ0n) is 19.8. The quantitative estimate of drug-likeness (QED) is 0.405. The van der Waals surface area contributed by atoms with Gasteiger partial charge in [0.15, 0.2) is 0 Å². The van der Waals surface area contributed by atoms with E-state index in [4.69, 9.17) is 9.62 Å². The van der Waals surface area contributed by atoms with Crippen molar-refractivity contribution in [3.05, 3.63) is 78.1 Å². The highest BCUT2D eigenvalue weighted by molar-refractivity contribution is 5.91. The second-order valence-corrected chi connectivity index (χ2v) is 9.56. The van der Waals surface area contributed by atoms with Gasteiger partial charge in [0.25, 0.3) is 0 Å². The Morgan fingerprint density at radius 3 is 2.64 bits per heavy atom. The summed E-state index contributed by atoms with van der Waals surface area (Å²) < 4.78 is 20.6. The van der Waals surface area contributed by atoms with Gasteiger partial charge in [-0.25, -0.2) is 9.07 Å². The van der Waals surface area contributed by atoms with E-state index < -0.39 is 0 Å². The number of nitrogens with zero attached hydrogens (tertiary/aromatic N) is 5. The third-order valence-electron chi connectivity index (χ3n) is 6.76. The van der Waals surface area contributed by atoms with Crippen LogP contribution in [0.15, 0.2) is 65.2 Å². The van der Waals surface area contributed by atoms with E-state index in [9.17, 15) is 9.18 Å². The van der Waals surface area contributed by atoms with Gasteiger partial charge in [-0.05, 0) is 68.6 Å². The maximum absolute atomic E-state index is 13.2. The van der Waals surface area contributed by atoms with Gasteiger partial charge in [-0.2, -0.15) is 10.1 Å². The first-order valence-electron chi connectivity index (χ1n) is 12.4. The van der Waals surface area contributed by atoms with Crippen molar-refractivity contribution < 1.29 is 13.7 Å². The van der Waals surface area contributed by atoms with Gasteiger partial charge in [0.2, 0.25) is 17.6 Å². The Hall–Kier alpha value is -3.85. The fourth-order valence-electron chi connectivity index (χ4n) is 4.74. The second kappa shape index (κ2) is 9.66. The molecule has 1 saturated heterocycles. The van der Waals surface area contributed by atoms with Crippen molar-refractivity contribution in [2.45, 2.75) is 37.5 Å². The van der Waals surface area contributed by atoms with E-state index in [0.29, 0.717) is 35.6 Å². The minimum absolute atomic E-state index is 0.0459. The second-order valence-electron chi connectivity index (χ2n) is 9.56. The topological polar surface area (TPSA) is 89.1 Å². The number of hydrogen-bond donors (Lipinski definition) is 1. The zero-order valence-corrected chi connectivity index (χ0v) is 19.8. The number of halogens is 1. The number of hydrogen-bond acceptors (Lipinski definition) is 6. The maximum Gasteiger partial charge on any atom is 0.239 e. The summed E-state index contributed by atoms with van der Waals surface area (Å²) in [7, 11) is 0. The van der Waals surface area contributed by atoms with Crippen molar-refractivity contribution >= 4 is 11.7 Å². The molecule has 184 valence electrons. The molecule has 3 heterocycles. The Bertz CT molecular complexity index is 1350. The van der Waals surface area contributed by atoms with Crippen LogP contribution in [0, 0.1) is 5.82 Å². The fourth-order valence-corrected chi connectivity index (χ4v) is 4.74. The molecule has 9 heteroatoms. The van der Waals surface area contributed by atoms with Gasteiger partial charge in [-0.15, -0.1) is 0 Å². The summed E-state index contributed by atoms with van der Waals surface area (Å²) in [5.41, 5.74) is 2.66. The highest BCUT2D eigenvalue weighted by atomic mass is 19.1. The summed E-state index contributed by atoms with van der Waals surface area (Å²) in [5, 5.41) is 11.9. The molecule has 2 aromatic carbocycles. The first-order chi connectivity index (χ1) is 17.6. The third kappa shape index (κ3) is 4.92. The van der Waals surface area contributed by atoms with Crippen LogP contribution in [-0.2, 0) is 4.79 Å². The average Bonchev–Trinajstić information content (AvgIpc) is 3.48. The number of benzene rings is 2. The van der Waals surface area contributed by atoms with Crippen LogP contribution in [0.2, 0.25) is 0 Å². The van der Waals surface area contributed by atoms with Gasteiger partial charge in [0.05, 0.1) is 23.8 Å². The van der Waals surface area contributed by atoms with Crippen LogP contribution in [0.1, 0.15) is 49.1 Å². The molecule has 2 aromatic heterocycles. The number of carbonyl (C=O) groups excluding carboxylic acids is 1. The number of aromatic nitrogens is 4. The minimum Gasteiger partial charge on any atom is -0.339 e. The van der Waals surface area contributed by atoms with Gasteiger partial charge in [0, 0.05) is 24.1 Å². The van der Waals surface area contributed by atoms with Crippen molar-refractivity contribution in [2.24, 2.45) is 0 Å². The largest absolute Gasteiger partial charge is 0.339 e. The Balaban J connectivity index is 1.12. The molecule has 2 aliphatic rings. The molecule has 1 atom stereocenters. The van der Waals surface area contributed by atoms with Crippen LogP contribution in [0.3, 0.4) is 0 Å². The molecule has 1 aliphatic heterocycles. The van der Waals surface area contributed by atoms with E-state index in [1.54, 1.807) is 12.1 Å². The molecular weight excluding hydrogens is 459 g/mol. The molecule has 1 amide bonds. The Morgan fingerprint density at radius 2 is 1.86 bits per heavy atom. The zero-order chi connectivity index (χ0) is 24.5. The first-order valence-corrected chi connectivity index (χ1v) is 12.4. The number of carbonyl (C=O) groups is 1. The summed E-state index contributed by atoms with van der Waals surface area (Å²) in [6.45, 7) is 1.76. The van der Waals surface area contributed by atoms with Crippen molar-refractivity contribution in [3.8, 4) is 17.1 Å². The molecule has 0 radical (unpaired) electrons. The molecule has 0 spiro atoms. The summed E-state index contributed by atoms with van der Waals surface area (Å²) in [6.07, 6.45) is 4.13. The highest BCUT2D eigenvalue weighted by Crippen LogP contribution is 2.40. The molecule has 0 bridgehead atoms. The summed E-state index contributed by atoms with van der Waals surface area (Å²) in [5.74, 6) is 1.85. The number of piperidine rings is 1. The van der Waals surface area contributed by atoms with Crippen molar-refractivity contribution in [3.63, 3.8) is 0 Å². The standard InChI is InChI=1S/C27H27FN6O2/c28-21-12-10-19(11-13-21)26-30-27(36-32-26)20-5-4-14-33(16-20)17-25(35)29-24-15-23(18-8-9-18)31-34(24)22-6-2-1-3-7-22/h1-3,6-7,10-13,15,18,20H,4-5,8-9,14,16-17H2,(H,29,35). The van der Waals surface area contributed by atoms with E-state index in [-0.39, 0.29) is 24.2 Å². The molecule has 1 unspecified atom stereocenters. The van der Waals surface area contributed by atoms with Crippen LogP contribution in [0.5, 0.6) is 0 Å². The van der Waals surface area contributed by atoms with Gasteiger partial charge >= 0.3 is 0 Å². The van der Waals surface area contributed by atoms with E-state index in [0.717, 1.165) is 43.6 Å². The Kier molecular flexibility index (Phi) is 6.06. The molecule has 2 fully saturated rings. The van der Waals surface area contributed by atoms with Gasteiger partial charge in [-0.1, -0.05) is 23.4 Å². The average molecular weight is 487 g/mol. The minimum atomic E-state index is -0.306. The molecule has 1 N–H and O–H groups in total. The van der Waals surface area contributed by atoms with E-state index in [2.05, 4.69) is 20.4 Å². The first kappa shape index (κ1) is 22.6. The van der Waals surface area contributed by atoms with Gasteiger partial charge in [0.1, 0.15) is 11.6 Å². The lowest BCUT2D eigenvalue weighted by atomic mass is 9.98.